The monoisotopic (exact) mass is 277 g/mol. The van der Waals surface area contributed by atoms with Crippen LogP contribution in [-0.2, 0) is 19.6 Å². The predicted molar refractivity (Wildman–Crippen MR) is 59.6 cm³/mol. The smallest absolute Gasteiger partial charge is 0.325 e. The molecule has 0 bridgehead atoms. The summed E-state index contributed by atoms with van der Waals surface area (Å²) in [7, 11) is -3.12. The van der Waals surface area contributed by atoms with Crippen molar-refractivity contribution in [1.82, 2.24) is 14.7 Å². The highest BCUT2D eigenvalue weighted by Crippen LogP contribution is 2.03. The number of hydrogen-bond acceptors (Lipinski definition) is 6. The van der Waals surface area contributed by atoms with Gasteiger partial charge in [0.2, 0.25) is 10.0 Å². The molecule has 0 atom stereocenters. The van der Waals surface area contributed by atoms with Crippen LogP contribution in [0.25, 0.3) is 0 Å². The second-order valence-electron chi connectivity index (χ2n) is 3.26. The van der Waals surface area contributed by atoms with Crippen molar-refractivity contribution in [2.45, 2.75) is 11.8 Å². The number of H-pyrrole nitrogens is 2. The zero-order chi connectivity index (χ0) is 13.9. The Kier molecular flexibility index (Phi) is 4.03. The summed E-state index contributed by atoms with van der Waals surface area (Å²) in [4.78, 5) is 36.4. The van der Waals surface area contributed by atoms with Gasteiger partial charge in [-0.2, -0.15) is 4.72 Å². The largest absolute Gasteiger partial charge is 0.468 e. The summed E-state index contributed by atoms with van der Waals surface area (Å²) >= 11 is 0. The molecule has 0 aliphatic heterocycles. The summed E-state index contributed by atoms with van der Waals surface area (Å²) in [6.07, 6.45) is 0. The Morgan fingerprint density at radius 1 is 1.33 bits per heavy atom. The number of aryl methyl sites for hydroxylation is 1. The third kappa shape index (κ3) is 3.05. The van der Waals surface area contributed by atoms with Gasteiger partial charge in [0, 0.05) is 5.69 Å². The van der Waals surface area contributed by atoms with Crippen LogP contribution in [0.2, 0.25) is 0 Å². The van der Waals surface area contributed by atoms with E-state index in [0.29, 0.717) is 0 Å². The van der Waals surface area contributed by atoms with Gasteiger partial charge in [0.25, 0.3) is 5.56 Å². The van der Waals surface area contributed by atoms with E-state index in [1.54, 1.807) is 4.98 Å². The van der Waals surface area contributed by atoms with E-state index in [4.69, 9.17) is 0 Å². The lowest BCUT2D eigenvalue weighted by molar-refractivity contribution is -0.139. The van der Waals surface area contributed by atoms with E-state index in [9.17, 15) is 22.8 Å². The van der Waals surface area contributed by atoms with Crippen molar-refractivity contribution in [1.29, 1.82) is 0 Å². The lowest BCUT2D eigenvalue weighted by Gasteiger charge is -2.06. The van der Waals surface area contributed by atoms with E-state index in [-0.39, 0.29) is 5.69 Å². The molecule has 0 saturated carbocycles. The number of rotatable bonds is 4. The number of carbonyl (C=O) groups excluding carboxylic acids is 1. The van der Waals surface area contributed by atoms with Crippen molar-refractivity contribution in [2.75, 3.05) is 13.7 Å². The summed E-state index contributed by atoms with van der Waals surface area (Å²) in [6, 6.07) is 0. The van der Waals surface area contributed by atoms with Crippen molar-refractivity contribution in [3.63, 3.8) is 0 Å². The highest BCUT2D eigenvalue weighted by Gasteiger charge is 2.22. The maximum Gasteiger partial charge on any atom is 0.325 e. The first-order valence-corrected chi connectivity index (χ1v) is 6.16. The molecule has 0 aliphatic carbocycles. The van der Waals surface area contributed by atoms with Gasteiger partial charge in [0.1, 0.15) is 6.54 Å². The minimum Gasteiger partial charge on any atom is -0.468 e. The number of carbonyl (C=O) groups is 1. The number of hydrogen-bond donors (Lipinski definition) is 3. The fraction of sp³-hybridized carbons (Fsp3) is 0.375. The van der Waals surface area contributed by atoms with Gasteiger partial charge >= 0.3 is 11.7 Å². The van der Waals surface area contributed by atoms with Crippen LogP contribution >= 0.6 is 0 Å². The Balaban J connectivity index is 3.18. The quantitative estimate of drug-likeness (QED) is 0.535. The predicted octanol–water partition coefficient (Wildman–Crippen LogP) is -2.18. The van der Waals surface area contributed by atoms with Gasteiger partial charge in [0.15, 0.2) is 4.90 Å². The molecule has 3 N–H and O–H groups in total. The molecule has 0 amide bonds. The molecule has 0 unspecified atom stereocenters. The fourth-order valence-corrected chi connectivity index (χ4v) is 2.41. The Morgan fingerprint density at radius 2 is 1.94 bits per heavy atom. The molecule has 1 aromatic rings. The topological polar surface area (TPSA) is 138 Å². The molecule has 10 heteroatoms. The van der Waals surface area contributed by atoms with Crippen molar-refractivity contribution < 1.29 is 17.9 Å². The Hall–Kier alpha value is -1.94. The standard InChI is InChI=1S/C8H11N3O6S/c1-4-6(7(13)11-8(14)10-4)18(15,16)9-3-5(12)17-2/h9H,3H2,1-2H3,(H2,10,11,13,14). The van der Waals surface area contributed by atoms with Crippen molar-refractivity contribution in [3.8, 4) is 0 Å². The van der Waals surface area contributed by atoms with Gasteiger partial charge in [-0.25, -0.2) is 13.2 Å². The first-order valence-electron chi connectivity index (χ1n) is 4.67. The van der Waals surface area contributed by atoms with Crippen LogP contribution in [0.5, 0.6) is 0 Å². The van der Waals surface area contributed by atoms with E-state index in [2.05, 4.69) is 9.72 Å². The molecule has 1 rings (SSSR count). The van der Waals surface area contributed by atoms with Gasteiger partial charge in [-0.15, -0.1) is 0 Å². The number of aromatic nitrogens is 2. The number of methoxy groups -OCH3 is 1. The zero-order valence-corrected chi connectivity index (χ0v) is 10.4. The molecule has 0 fully saturated rings. The molecule has 0 spiro atoms. The first-order chi connectivity index (χ1) is 8.27. The Bertz CT molecular complexity index is 671. The number of ether oxygens (including phenoxy) is 1. The van der Waals surface area contributed by atoms with Crippen LogP contribution in [0.15, 0.2) is 14.5 Å². The number of aromatic amines is 2. The van der Waals surface area contributed by atoms with Crippen molar-refractivity contribution >= 4 is 16.0 Å². The third-order valence-corrected chi connectivity index (χ3v) is 3.53. The number of esters is 1. The lowest BCUT2D eigenvalue weighted by atomic mass is 10.4. The number of nitrogens with one attached hydrogen (secondary N) is 3. The highest BCUT2D eigenvalue weighted by atomic mass is 32.2. The lowest BCUT2D eigenvalue weighted by Crippen LogP contribution is -2.37. The van der Waals surface area contributed by atoms with E-state index in [1.165, 1.54) is 6.92 Å². The fourth-order valence-electron chi connectivity index (χ4n) is 1.21. The van der Waals surface area contributed by atoms with E-state index >= 15 is 0 Å². The Morgan fingerprint density at radius 3 is 2.44 bits per heavy atom. The van der Waals surface area contributed by atoms with Gasteiger partial charge in [-0.05, 0) is 6.92 Å². The van der Waals surface area contributed by atoms with Gasteiger partial charge in [-0.1, -0.05) is 0 Å². The summed E-state index contributed by atoms with van der Waals surface area (Å²) in [5, 5.41) is 0. The molecule has 1 aromatic heterocycles. The molecular formula is C8H11N3O6S. The van der Waals surface area contributed by atoms with Crippen LogP contribution in [0.4, 0.5) is 0 Å². The first kappa shape index (κ1) is 14.1. The van der Waals surface area contributed by atoms with Gasteiger partial charge in [-0.3, -0.25) is 14.6 Å². The molecule has 9 nitrogen and oxygen atoms in total. The minimum absolute atomic E-state index is 0.124. The molecule has 0 radical (unpaired) electrons. The molecule has 1 heterocycles. The second-order valence-corrected chi connectivity index (χ2v) is 4.97. The maximum atomic E-state index is 11.7. The van der Waals surface area contributed by atoms with E-state index in [0.717, 1.165) is 7.11 Å². The number of sulfonamides is 1. The van der Waals surface area contributed by atoms with Crippen LogP contribution in [0, 0.1) is 6.92 Å². The average molecular weight is 277 g/mol. The van der Waals surface area contributed by atoms with Gasteiger partial charge < -0.3 is 9.72 Å². The summed E-state index contributed by atoms with van der Waals surface area (Å²) < 4.78 is 29.6. The summed E-state index contributed by atoms with van der Waals surface area (Å²) in [6.45, 7) is 0.639. The summed E-state index contributed by atoms with van der Waals surface area (Å²) in [5.41, 5.74) is -2.00. The molecular weight excluding hydrogens is 266 g/mol. The summed E-state index contributed by atoms with van der Waals surface area (Å²) in [5.74, 6) is -0.808. The average Bonchev–Trinajstić information content (AvgIpc) is 2.24. The van der Waals surface area contributed by atoms with E-state index < -0.39 is 38.7 Å². The SMILES string of the molecule is COC(=O)CNS(=O)(=O)c1c(C)[nH]c(=O)[nH]c1=O. The van der Waals surface area contributed by atoms with Crippen LogP contribution < -0.4 is 16.0 Å². The van der Waals surface area contributed by atoms with Crippen molar-refractivity contribution in [3.05, 3.63) is 26.5 Å². The van der Waals surface area contributed by atoms with Crippen LogP contribution in [0.3, 0.4) is 0 Å². The molecule has 0 aliphatic rings. The van der Waals surface area contributed by atoms with Gasteiger partial charge in [0.05, 0.1) is 7.11 Å². The minimum atomic E-state index is -4.21. The maximum absolute atomic E-state index is 11.7. The van der Waals surface area contributed by atoms with Crippen LogP contribution in [-0.4, -0.2) is 38.0 Å². The zero-order valence-electron chi connectivity index (χ0n) is 9.56. The second kappa shape index (κ2) is 5.14. The molecule has 18 heavy (non-hydrogen) atoms. The molecule has 0 saturated heterocycles. The Labute approximate surface area is 101 Å². The third-order valence-electron chi connectivity index (χ3n) is 1.98. The van der Waals surface area contributed by atoms with Crippen molar-refractivity contribution in [2.24, 2.45) is 0 Å². The van der Waals surface area contributed by atoms with E-state index in [1.807, 2.05) is 4.72 Å². The van der Waals surface area contributed by atoms with Crippen LogP contribution in [0.1, 0.15) is 5.69 Å². The normalized spacial score (nSPS) is 11.2. The molecule has 100 valence electrons. The highest BCUT2D eigenvalue weighted by molar-refractivity contribution is 7.89. The molecule has 0 aromatic carbocycles.